The zero-order valence-electron chi connectivity index (χ0n) is 11.6. The molecule has 100 valence electrons. The topological polar surface area (TPSA) is 61.4 Å². The number of rotatable bonds is 5. The van der Waals surface area contributed by atoms with Crippen LogP contribution in [0.2, 0.25) is 0 Å². The second-order valence-electron chi connectivity index (χ2n) is 4.91. The van der Waals surface area contributed by atoms with Gasteiger partial charge in [-0.15, -0.1) is 0 Å². The van der Waals surface area contributed by atoms with E-state index >= 15 is 0 Å². The molecule has 0 atom stereocenters. The van der Waals surface area contributed by atoms with Crippen LogP contribution in [-0.2, 0) is 4.79 Å². The Hall–Kier alpha value is -1.26. The summed E-state index contributed by atoms with van der Waals surface area (Å²) in [5.41, 5.74) is -0.386. The molecule has 0 aromatic carbocycles. The van der Waals surface area contributed by atoms with Crippen LogP contribution in [0, 0.1) is 5.41 Å². The van der Waals surface area contributed by atoms with Gasteiger partial charge in [0.1, 0.15) is 0 Å². The van der Waals surface area contributed by atoms with Crippen molar-refractivity contribution < 1.29 is 9.59 Å². The van der Waals surface area contributed by atoms with Crippen LogP contribution in [0.25, 0.3) is 0 Å². The monoisotopic (exact) mass is 243 g/mol. The number of carbonyl (C=O) groups is 2. The Morgan fingerprint density at radius 1 is 1.00 bits per heavy atom. The van der Waals surface area contributed by atoms with E-state index in [1.165, 1.54) is 0 Å². The zero-order valence-corrected chi connectivity index (χ0v) is 11.6. The summed E-state index contributed by atoms with van der Waals surface area (Å²) in [4.78, 5) is 24.8. The first kappa shape index (κ1) is 15.7. The molecule has 2 N–H and O–H groups in total. The van der Waals surface area contributed by atoms with E-state index in [0.717, 1.165) is 0 Å². The highest BCUT2D eigenvalue weighted by Crippen LogP contribution is 2.11. The Kier molecular flexibility index (Phi) is 6.61. The second-order valence-corrected chi connectivity index (χ2v) is 4.91. The normalized spacial score (nSPS) is 10.9. The summed E-state index contributed by atoms with van der Waals surface area (Å²) in [6, 6.07) is -0.0833. The molecule has 0 aliphatic carbocycles. The molecule has 0 radical (unpaired) electrons. The van der Waals surface area contributed by atoms with Crippen molar-refractivity contribution in [3.8, 4) is 0 Å². The Balaban J connectivity index is 3.79. The summed E-state index contributed by atoms with van der Waals surface area (Å²) in [6.45, 7) is 11.7. The van der Waals surface area contributed by atoms with Crippen molar-refractivity contribution in [1.82, 2.24) is 15.5 Å². The van der Waals surface area contributed by atoms with E-state index in [2.05, 4.69) is 10.6 Å². The molecule has 5 nitrogen and oxygen atoms in total. The largest absolute Gasteiger partial charge is 0.354 e. The van der Waals surface area contributed by atoms with Crippen LogP contribution < -0.4 is 10.6 Å². The van der Waals surface area contributed by atoms with E-state index in [1.54, 1.807) is 4.90 Å². The highest BCUT2D eigenvalue weighted by Gasteiger charge is 2.20. The summed E-state index contributed by atoms with van der Waals surface area (Å²) < 4.78 is 0. The molecule has 0 aliphatic heterocycles. The summed E-state index contributed by atoms with van der Waals surface area (Å²) in [6.07, 6.45) is 0. The van der Waals surface area contributed by atoms with Gasteiger partial charge in [-0.25, -0.2) is 4.79 Å². The maximum absolute atomic E-state index is 11.5. The first-order valence-electron chi connectivity index (χ1n) is 6.14. The third-order valence-corrected chi connectivity index (χ3v) is 2.42. The average Bonchev–Trinajstić information content (AvgIpc) is 2.24. The van der Waals surface area contributed by atoms with Crippen molar-refractivity contribution in [3.05, 3.63) is 0 Å². The number of nitrogens with one attached hydrogen (secondary N) is 2. The van der Waals surface area contributed by atoms with Crippen LogP contribution >= 0.6 is 0 Å². The molecule has 0 fully saturated rings. The minimum absolute atomic E-state index is 0.00501. The minimum Gasteiger partial charge on any atom is -0.354 e. The lowest BCUT2D eigenvalue weighted by atomic mass is 9.96. The minimum atomic E-state index is -0.386. The summed E-state index contributed by atoms with van der Waals surface area (Å²) in [7, 11) is 0. The Morgan fingerprint density at radius 2 is 1.47 bits per heavy atom. The van der Waals surface area contributed by atoms with E-state index in [-0.39, 0.29) is 17.4 Å². The van der Waals surface area contributed by atoms with Crippen LogP contribution in [0.1, 0.15) is 34.6 Å². The van der Waals surface area contributed by atoms with Crippen LogP contribution in [-0.4, -0.2) is 43.0 Å². The Bertz CT molecular complexity index is 255. The van der Waals surface area contributed by atoms with Gasteiger partial charge in [-0.1, -0.05) is 20.8 Å². The second kappa shape index (κ2) is 7.14. The van der Waals surface area contributed by atoms with Crippen molar-refractivity contribution in [2.24, 2.45) is 5.41 Å². The molecule has 0 spiro atoms. The molecule has 3 amide bonds. The number of carbonyl (C=O) groups excluding carboxylic acids is 2. The molecule has 0 saturated heterocycles. The molecule has 0 aliphatic rings. The standard InChI is InChI=1S/C12H25N3O2/c1-6-15(7-2)11(17)14-9-8-13-10(16)12(3,4)5/h6-9H2,1-5H3,(H,13,16)(H,14,17). The van der Waals surface area contributed by atoms with Gasteiger partial charge in [0.25, 0.3) is 0 Å². The predicted molar refractivity (Wildman–Crippen MR) is 68.8 cm³/mol. The molecule has 17 heavy (non-hydrogen) atoms. The van der Waals surface area contributed by atoms with Gasteiger partial charge in [0.2, 0.25) is 5.91 Å². The van der Waals surface area contributed by atoms with Crippen molar-refractivity contribution in [2.75, 3.05) is 26.2 Å². The van der Waals surface area contributed by atoms with Gasteiger partial charge >= 0.3 is 6.03 Å². The average molecular weight is 243 g/mol. The molecule has 0 unspecified atom stereocenters. The van der Waals surface area contributed by atoms with Crippen LogP contribution in [0.5, 0.6) is 0 Å². The first-order valence-corrected chi connectivity index (χ1v) is 6.14. The van der Waals surface area contributed by atoms with Crippen molar-refractivity contribution in [2.45, 2.75) is 34.6 Å². The number of hydrogen-bond donors (Lipinski definition) is 2. The number of amides is 3. The van der Waals surface area contributed by atoms with Gasteiger partial charge in [0, 0.05) is 31.6 Å². The van der Waals surface area contributed by atoms with Gasteiger partial charge < -0.3 is 15.5 Å². The van der Waals surface area contributed by atoms with Gasteiger partial charge in [0.05, 0.1) is 0 Å². The lowest BCUT2D eigenvalue weighted by Gasteiger charge is -2.20. The van der Waals surface area contributed by atoms with Crippen LogP contribution in [0.4, 0.5) is 4.79 Å². The first-order chi connectivity index (χ1) is 7.82. The van der Waals surface area contributed by atoms with E-state index in [9.17, 15) is 9.59 Å². The van der Waals surface area contributed by atoms with Gasteiger partial charge in [-0.2, -0.15) is 0 Å². The van der Waals surface area contributed by atoms with Gasteiger partial charge in [-0.05, 0) is 13.8 Å². The maximum Gasteiger partial charge on any atom is 0.317 e. The van der Waals surface area contributed by atoms with Crippen molar-refractivity contribution in [1.29, 1.82) is 0 Å². The fraction of sp³-hybridized carbons (Fsp3) is 0.833. The highest BCUT2D eigenvalue weighted by atomic mass is 16.2. The van der Waals surface area contributed by atoms with E-state index in [4.69, 9.17) is 0 Å². The molecular weight excluding hydrogens is 218 g/mol. The quantitative estimate of drug-likeness (QED) is 0.713. The lowest BCUT2D eigenvalue weighted by Crippen LogP contribution is -2.44. The fourth-order valence-electron chi connectivity index (χ4n) is 1.23. The predicted octanol–water partition coefficient (Wildman–Crippen LogP) is 1.20. The van der Waals surface area contributed by atoms with Gasteiger partial charge in [0.15, 0.2) is 0 Å². The van der Waals surface area contributed by atoms with Crippen molar-refractivity contribution in [3.63, 3.8) is 0 Å². The SMILES string of the molecule is CCN(CC)C(=O)NCCNC(=O)C(C)(C)C. The highest BCUT2D eigenvalue weighted by molar-refractivity contribution is 5.81. The number of urea groups is 1. The Labute approximate surface area is 104 Å². The molecular formula is C12H25N3O2. The zero-order chi connectivity index (χ0) is 13.5. The number of hydrogen-bond acceptors (Lipinski definition) is 2. The van der Waals surface area contributed by atoms with E-state index in [1.807, 2.05) is 34.6 Å². The molecule has 0 aromatic heterocycles. The Morgan fingerprint density at radius 3 is 1.88 bits per heavy atom. The molecule has 0 aromatic rings. The smallest absolute Gasteiger partial charge is 0.317 e. The maximum atomic E-state index is 11.5. The lowest BCUT2D eigenvalue weighted by molar-refractivity contribution is -0.128. The van der Waals surface area contributed by atoms with E-state index < -0.39 is 0 Å². The molecule has 0 saturated carbocycles. The van der Waals surface area contributed by atoms with Gasteiger partial charge in [-0.3, -0.25) is 4.79 Å². The third-order valence-electron chi connectivity index (χ3n) is 2.42. The van der Waals surface area contributed by atoms with Crippen LogP contribution in [0.15, 0.2) is 0 Å². The van der Waals surface area contributed by atoms with E-state index in [0.29, 0.717) is 26.2 Å². The van der Waals surface area contributed by atoms with Crippen LogP contribution in [0.3, 0.4) is 0 Å². The summed E-state index contributed by atoms with van der Waals surface area (Å²) in [5, 5.41) is 5.54. The van der Waals surface area contributed by atoms with Crippen molar-refractivity contribution >= 4 is 11.9 Å². The third kappa shape index (κ3) is 6.14. The molecule has 5 heteroatoms. The molecule has 0 rings (SSSR count). The summed E-state index contributed by atoms with van der Waals surface area (Å²) >= 11 is 0. The summed E-state index contributed by atoms with van der Waals surface area (Å²) in [5.74, 6) is -0.00501. The molecule has 0 bridgehead atoms. The fourth-order valence-corrected chi connectivity index (χ4v) is 1.23. The number of nitrogens with zero attached hydrogens (tertiary/aromatic N) is 1. The molecule has 0 heterocycles.